The minimum Gasteiger partial charge on any atom is -0.365 e. The van der Waals surface area contributed by atoms with E-state index in [1.807, 2.05) is 0 Å². The van der Waals surface area contributed by atoms with Gasteiger partial charge in [0.15, 0.2) is 0 Å². The van der Waals surface area contributed by atoms with E-state index in [-0.39, 0.29) is 0 Å². The minimum atomic E-state index is 1.34. The summed E-state index contributed by atoms with van der Waals surface area (Å²) in [6.07, 6.45) is 3.10. The molecule has 0 saturated carbocycles. The van der Waals surface area contributed by atoms with Crippen LogP contribution in [0.3, 0.4) is 0 Å². The molecular formula is C19H13NO. The average Bonchev–Trinajstić information content (AvgIpc) is 3.13. The molecular weight excluding hydrogens is 258 g/mol. The Kier molecular flexibility index (Phi) is 2.79. The highest BCUT2D eigenvalue weighted by atomic mass is 16.5. The van der Waals surface area contributed by atoms with Crippen molar-refractivity contribution in [3.63, 3.8) is 0 Å². The SMILES string of the molecule is c1cc2ccc3cccc4ccc(c1)c2c34.c1cnoc1. The third-order valence-corrected chi connectivity index (χ3v) is 3.74. The molecule has 0 atom stereocenters. The molecule has 0 fully saturated rings. The summed E-state index contributed by atoms with van der Waals surface area (Å²) in [6, 6.07) is 23.6. The Labute approximate surface area is 121 Å². The van der Waals surface area contributed by atoms with E-state index in [0.717, 1.165) is 0 Å². The lowest BCUT2D eigenvalue weighted by Crippen LogP contribution is -1.82. The Bertz CT molecular complexity index is 839. The number of aromatic nitrogens is 1. The number of rotatable bonds is 0. The number of hydrogen-bond acceptors (Lipinski definition) is 2. The maximum atomic E-state index is 4.33. The molecule has 4 aromatic carbocycles. The zero-order valence-electron chi connectivity index (χ0n) is 11.4. The normalized spacial score (nSPS) is 10.9. The Hall–Kier alpha value is -2.87. The van der Waals surface area contributed by atoms with Gasteiger partial charge in [-0.1, -0.05) is 65.8 Å². The maximum absolute atomic E-state index is 4.33. The first-order valence-corrected chi connectivity index (χ1v) is 6.90. The van der Waals surface area contributed by atoms with Gasteiger partial charge >= 0.3 is 0 Å². The predicted octanol–water partition coefficient (Wildman–Crippen LogP) is 5.26. The minimum absolute atomic E-state index is 1.34. The topological polar surface area (TPSA) is 26.0 Å². The molecule has 5 rings (SSSR count). The standard InChI is InChI=1S/C16H10.C3H3NO/c1-3-11-7-9-13-5-2-6-14-10-8-12(4-1)15(11)16(13)14;1-2-4-5-3-1/h1-10H;1-3H. The van der Waals surface area contributed by atoms with E-state index >= 15 is 0 Å². The second-order valence-corrected chi connectivity index (χ2v) is 4.98. The lowest BCUT2D eigenvalue weighted by molar-refractivity contribution is 0.420. The molecule has 2 heteroatoms. The first kappa shape index (κ1) is 11.9. The van der Waals surface area contributed by atoms with Crippen molar-refractivity contribution in [3.05, 3.63) is 79.2 Å². The second kappa shape index (κ2) is 4.91. The monoisotopic (exact) mass is 271 g/mol. The fourth-order valence-corrected chi connectivity index (χ4v) is 2.85. The average molecular weight is 271 g/mol. The summed E-state index contributed by atoms with van der Waals surface area (Å²) in [5, 5.41) is 11.5. The predicted molar refractivity (Wildman–Crippen MR) is 86.6 cm³/mol. The quantitative estimate of drug-likeness (QED) is 0.359. The molecule has 0 aliphatic heterocycles. The molecule has 0 unspecified atom stereocenters. The maximum Gasteiger partial charge on any atom is 0.123 e. The molecule has 0 saturated heterocycles. The molecule has 0 amide bonds. The van der Waals surface area contributed by atoms with Gasteiger partial charge in [0.2, 0.25) is 0 Å². The van der Waals surface area contributed by atoms with E-state index in [4.69, 9.17) is 0 Å². The first-order valence-electron chi connectivity index (χ1n) is 6.90. The van der Waals surface area contributed by atoms with Crippen LogP contribution in [0.1, 0.15) is 0 Å². The third kappa shape index (κ3) is 2.01. The van der Waals surface area contributed by atoms with Gasteiger partial charge in [-0.25, -0.2) is 0 Å². The molecule has 0 spiro atoms. The number of nitrogens with zero attached hydrogens (tertiary/aromatic N) is 1. The van der Waals surface area contributed by atoms with E-state index in [1.165, 1.54) is 38.6 Å². The molecule has 0 N–H and O–H groups in total. The molecule has 0 aliphatic carbocycles. The highest BCUT2D eigenvalue weighted by molar-refractivity contribution is 6.22. The van der Waals surface area contributed by atoms with Crippen molar-refractivity contribution in [1.82, 2.24) is 5.16 Å². The van der Waals surface area contributed by atoms with Crippen molar-refractivity contribution in [3.8, 4) is 0 Å². The van der Waals surface area contributed by atoms with Crippen LogP contribution >= 0.6 is 0 Å². The van der Waals surface area contributed by atoms with Gasteiger partial charge in [-0.05, 0) is 38.4 Å². The van der Waals surface area contributed by atoms with E-state index in [0.29, 0.717) is 0 Å². The molecule has 0 aliphatic rings. The highest BCUT2D eigenvalue weighted by Crippen LogP contribution is 2.33. The summed E-state index contributed by atoms with van der Waals surface area (Å²) in [4.78, 5) is 0. The second-order valence-electron chi connectivity index (χ2n) is 4.98. The van der Waals surface area contributed by atoms with Crippen LogP contribution in [-0.4, -0.2) is 5.16 Å². The first-order chi connectivity index (χ1) is 10.4. The molecule has 21 heavy (non-hydrogen) atoms. The molecule has 100 valence electrons. The van der Waals surface area contributed by atoms with Crippen molar-refractivity contribution in [1.29, 1.82) is 0 Å². The van der Waals surface area contributed by atoms with Crippen molar-refractivity contribution >= 4 is 32.3 Å². The molecule has 5 aromatic rings. The summed E-state index contributed by atoms with van der Waals surface area (Å²) >= 11 is 0. The smallest absolute Gasteiger partial charge is 0.123 e. The Balaban J connectivity index is 0.000000197. The van der Waals surface area contributed by atoms with Crippen LogP contribution < -0.4 is 0 Å². The van der Waals surface area contributed by atoms with Crippen LogP contribution in [0.15, 0.2) is 83.7 Å². The van der Waals surface area contributed by atoms with Gasteiger partial charge in [0.05, 0.1) is 6.20 Å². The zero-order valence-corrected chi connectivity index (χ0v) is 11.4. The van der Waals surface area contributed by atoms with E-state index < -0.39 is 0 Å². The summed E-state index contributed by atoms with van der Waals surface area (Å²) < 4.78 is 4.33. The number of benzene rings is 4. The van der Waals surface area contributed by atoms with Crippen LogP contribution in [0.4, 0.5) is 0 Å². The number of hydrogen-bond donors (Lipinski definition) is 0. The lowest BCUT2D eigenvalue weighted by atomic mass is 9.95. The van der Waals surface area contributed by atoms with Crippen LogP contribution in [0.5, 0.6) is 0 Å². The molecule has 2 nitrogen and oxygen atoms in total. The van der Waals surface area contributed by atoms with Crippen LogP contribution in [0, 0.1) is 0 Å². The van der Waals surface area contributed by atoms with Crippen molar-refractivity contribution < 1.29 is 4.52 Å². The van der Waals surface area contributed by atoms with Crippen LogP contribution in [0.2, 0.25) is 0 Å². The van der Waals surface area contributed by atoms with Gasteiger partial charge in [-0.3, -0.25) is 0 Å². The fraction of sp³-hybridized carbons (Fsp3) is 0. The molecule has 0 bridgehead atoms. The third-order valence-electron chi connectivity index (χ3n) is 3.74. The van der Waals surface area contributed by atoms with Crippen LogP contribution in [-0.2, 0) is 0 Å². The van der Waals surface area contributed by atoms with Gasteiger partial charge < -0.3 is 4.52 Å². The Morgan fingerprint density at radius 3 is 1.33 bits per heavy atom. The fourth-order valence-electron chi connectivity index (χ4n) is 2.85. The molecule has 1 heterocycles. The van der Waals surface area contributed by atoms with Crippen molar-refractivity contribution in [2.45, 2.75) is 0 Å². The summed E-state index contributed by atoms with van der Waals surface area (Å²) in [5.74, 6) is 0. The summed E-state index contributed by atoms with van der Waals surface area (Å²) in [7, 11) is 0. The highest BCUT2D eigenvalue weighted by Gasteiger charge is 2.05. The zero-order chi connectivity index (χ0) is 14.1. The lowest BCUT2D eigenvalue weighted by Gasteiger charge is -2.09. The molecule has 0 radical (unpaired) electrons. The van der Waals surface area contributed by atoms with Crippen molar-refractivity contribution in [2.24, 2.45) is 0 Å². The van der Waals surface area contributed by atoms with E-state index in [9.17, 15) is 0 Å². The summed E-state index contributed by atoms with van der Waals surface area (Å²) in [6.45, 7) is 0. The van der Waals surface area contributed by atoms with Gasteiger partial charge in [-0.15, -0.1) is 0 Å². The Morgan fingerprint density at radius 2 is 1.05 bits per heavy atom. The van der Waals surface area contributed by atoms with Gasteiger partial charge in [0, 0.05) is 0 Å². The molecule has 1 aromatic heterocycles. The van der Waals surface area contributed by atoms with Crippen LogP contribution in [0.25, 0.3) is 32.3 Å². The summed E-state index contributed by atoms with van der Waals surface area (Å²) in [5.41, 5.74) is 0. The van der Waals surface area contributed by atoms with Crippen molar-refractivity contribution in [2.75, 3.05) is 0 Å². The van der Waals surface area contributed by atoms with Gasteiger partial charge in [0.1, 0.15) is 6.26 Å². The van der Waals surface area contributed by atoms with Gasteiger partial charge in [-0.2, -0.15) is 0 Å². The van der Waals surface area contributed by atoms with Gasteiger partial charge in [0.25, 0.3) is 0 Å². The largest absolute Gasteiger partial charge is 0.365 e. The van der Waals surface area contributed by atoms with E-state index in [1.54, 1.807) is 12.3 Å². The Morgan fingerprint density at radius 1 is 0.571 bits per heavy atom. The van der Waals surface area contributed by atoms with E-state index in [2.05, 4.69) is 70.3 Å².